The van der Waals surface area contributed by atoms with Gasteiger partial charge >= 0.3 is 0 Å². The quantitative estimate of drug-likeness (QED) is 0.564. The smallest absolute Gasteiger partial charge is 0.163 e. The molecule has 0 amide bonds. The SMILES string of the molecule is CC1(C)CC(=O)C(C2C3=C(CC(C)(C)CC3=O)Oc3cc(-c4ccccc4)ccc32)=C(O)C1. The van der Waals surface area contributed by atoms with Crippen molar-refractivity contribution in [1.29, 1.82) is 0 Å². The van der Waals surface area contributed by atoms with Gasteiger partial charge in [0.25, 0.3) is 0 Å². The summed E-state index contributed by atoms with van der Waals surface area (Å²) in [5.74, 6) is 0.729. The minimum absolute atomic E-state index is 0.00182. The Morgan fingerprint density at radius 2 is 1.42 bits per heavy atom. The first-order valence-electron chi connectivity index (χ1n) is 11.6. The zero-order valence-corrected chi connectivity index (χ0v) is 19.7. The van der Waals surface area contributed by atoms with Crippen molar-refractivity contribution in [2.24, 2.45) is 10.8 Å². The van der Waals surface area contributed by atoms with Crippen molar-refractivity contribution in [2.75, 3.05) is 0 Å². The van der Waals surface area contributed by atoms with E-state index in [4.69, 9.17) is 4.74 Å². The first-order valence-corrected chi connectivity index (χ1v) is 11.6. The third-order valence-corrected chi connectivity index (χ3v) is 7.02. The first kappa shape index (κ1) is 21.7. The molecule has 3 aliphatic rings. The molecule has 0 aromatic heterocycles. The number of benzene rings is 2. The van der Waals surface area contributed by atoms with Crippen molar-refractivity contribution in [3.63, 3.8) is 0 Å². The standard InChI is InChI=1S/C29H30O4/c1-28(2)13-20(30)26(21(31)14-28)25-19-11-10-18(17-8-6-5-7-9-17)12-23(19)33-24-16-29(3,4)15-22(32)27(24)25/h5-12,25,30H,13-16H2,1-4H3. The molecule has 0 fully saturated rings. The Bertz CT molecular complexity index is 1230. The first-order chi connectivity index (χ1) is 15.5. The van der Waals surface area contributed by atoms with Crippen LogP contribution < -0.4 is 4.74 Å². The lowest BCUT2D eigenvalue weighted by atomic mass is 9.66. The fourth-order valence-corrected chi connectivity index (χ4v) is 5.58. The molecular weight excluding hydrogens is 412 g/mol. The van der Waals surface area contributed by atoms with E-state index in [1.165, 1.54) is 0 Å². The summed E-state index contributed by atoms with van der Waals surface area (Å²) in [4.78, 5) is 26.7. The van der Waals surface area contributed by atoms with Crippen molar-refractivity contribution >= 4 is 11.6 Å². The van der Waals surface area contributed by atoms with Crippen molar-refractivity contribution in [3.8, 4) is 16.9 Å². The van der Waals surface area contributed by atoms with Gasteiger partial charge in [-0.3, -0.25) is 9.59 Å². The molecule has 1 aliphatic heterocycles. The monoisotopic (exact) mass is 442 g/mol. The zero-order chi connectivity index (χ0) is 23.5. The molecule has 0 saturated heterocycles. The van der Waals surface area contributed by atoms with E-state index in [-0.39, 0.29) is 28.2 Å². The topological polar surface area (TPSA) is 63.6 Å². The van der Waals surface area contributed by atoms with Gasteiger partial charge in [-0.1, -0.05) is 70.2 Å². The summed E-state index contributed by atoms with van der Waals surface area (Å²) in [5.41, 5.74) is 3.24. The van der Waals surface area contributed by atoms with E-state index < -0.39 is 5.92 Å². The molecule has 1 atom stereocenters. The number of ether oxygens (including phenoxy) is 1. The van der Waals surface area contributed by atoms with Crippen molar-refractivity contribution in [3.05, 3.63) is 76.8 Å². The van der Waals surface area contributed by atoms with Gasteiger partial charge < -0.3 is 9.84 Å². The van der Waals surface area contributed by atoms with E-state index in [9.17, 15) is 14.7 Å². The van der Waals surface area contributed by atoms with Crippen LogP contribution in [0.4, 0.5) is 0 Å². The zero-order valence-electron chi connectivity index (χ0n) is 19.7. The van der Waals surface area contributed by atoms with Crippen molar-refractivity contribution in [2.45, 2.75) is 59.3 Å². The molecule has 0 saturated carbocycles. The van der Waals surface area contributed by atoms with Gasteiger partial charge in [-0.05, 0) is 28.0 Å². The number of carbonyl (C=O) groups is 2. The van der Waals surface area contributed by atoms with Gasteiger partial charge in [0.05, 0.1) is 5.92 Å². The number of aliphatic hydroxyl groups is 1. The van der Waals surface area contributed by atoms with E-state index in [0.29, 0.717) is 48.3 Å². The lowest BCUT2D eigenvalue weighted by Gasteiger charge is -2.40. The molecule has 0 spiro atoms. The van der Waals surface area contributed by atoms with Crippen molar-refractivity contribution in [1.82, 2.24) is 0 Å². The molecule has 33 heavy (non-hydrogen) atoms. The summed E-state index contributed by atoms with van der Waals surface area (Å²) in [6, 6.07) is 16.0. The summed E-state index contributed by atoms with van der Waals surface area (Å²) in [6.45, 7) is 8.10. The Hall–Kier alpha value is -3.14. The van der Waals surface area contributed by atoms with Crippen LogP contribution in [0.1, 0.15) is 64.9 Å². The van der Waals surface area contributed by atoms with Gasteiger partial charge in [0.15, 0.2) is 11.6 Å². The molecule has 2 aromatic rings. The number of allylic oxidation sites excluding steroid dienone is 4. The highest BCUT2D eigenvalue weighted by molar-refractivity contribution is 6.06. The maximum atomic E-state index is 13.4. The lowest BCUT2D eigenvalue weighted by molar-refractivity contribution is -0.119. The van der Waals surface area contributed by atoms with Crippen LogP contribution in [0, 0.1) is 10.8 Å². The second-order valence-corrected chi connectivity index (χ2v) is 11.2. The third kappa shape index (κ3) is 3.82. The molecule has 0 radical (unpaired) electrons. The fourth-order valence-electron chi connectivity index (χ4n) is 5.58. The highest BCUT2D eigenvalue weighted by Crippen LogP contribution is 2.53. The van der Waals surface area contributed by atoms with Crippen LogP contribution in [0.25, 0.3) is 11.1 Å². The van der Waals surface area contributed by atoms with E-state index in [0.717, 1.165) is 16.7 Å². The number of fused-ring (bicyclic) bond motifs is 1. The van der Waals surface area contributed by atoms with Crippen LogP contribution in [0.2, 0.25) is 0 Å². The Morgan fingerprint density at radius 1 is 0.788 bits per heavy atom. The van der Waals surface area contributed by atoms with E-state index >= 15 is 0 Å². The highest BCUT2D eigenvalue weighted by atomic mass is 16.5. The normalized spacial score (nSPS) is 23.7. The molecule has 1 heterocycles. The molecule has 170 valence electrons. The highest BCUT2D eigenvalue weighted by Gasteiger charge is 2.46. The summed E-state index contributed by atoms with van der Waals surface area (Å²) < 4.78 is 6.38. The van der Waals surface area contributed by atoms with Gasteiger partial charge in [-0.15, -0.1) is 0 Å². The van der Waals surface area contributed by atoms with Crippen LogP contribution in [-0.2, 0) is 9.59 Å². The van der Waals surface area contributed by atoms with Crippen LogP contribution in [0.3, 0.4) is 0 Å². The number of carbonyl (C=O) groups excluding carboxylic acids is 2. The number of rotatable bonds is 2. The number of Topliss-reactive ketones (excluding diaryl/α,β-unsaturated/α-hetero) is 2. The number of hydrogen-bond acceptors (Lipinski definition) is 4. The second kappa shape index (κ2) is 7.44. The van der Waals surface area contributed by atoms with Crippen LogP contribution in [0.5, 0.6) is 5.75 Å². The van der Waals surface area contributed by atoms with Crippen LogP contribution in [0.15, 0.2) is 71.2 Å². The maximum absolute atomic E-state index is 13.4. The predicted octanol–water partition coefficient (Wildman–Crippen LogP) is 6.67. The fraction of sp³-hybridized carbons (Fsp3) is 0.379. The maximum Gasteiger partial charge on any atom is 0.163 e. The average molecular weight is 443 g/mol. The third-order valence-electron chi connectivity index (χ3n) is 7.02. The Morgan fingerprint density at radius 3 is 2.09 bits per heavy atom. The van der Waals surface area contributed by atoms with Crippen LogP contribution in [-0.4, -0.2) is 16.7 Å². The average Bonchev–Trinajstić information content (AvgIpc) is 2.71. The Balaban J connectivity index is 1.70. The number of hydrogen-bond donors (Lipinski definition) is 1. The molecule has 2 aromatic carbocycles. The van der Waals surface area contributed by atoms with E-state index in [2.05, 4.69) is 13.8 Å². The van der Waals surface area contributed by atoms with Gasteiger partial charge in [0.1, 0.15) is 17.3 Å². The second-order valence-electron chi connectivity index (χ2n) is 11.2. The summed E-state index contributed by atoms with van der Waals surface area (Å²) in [5, 5.41) is 11.0. The molecule has 5 rings (SSSR count). The van der Waals surface area contributed by atoms with Gasteiger partial charge in [0.2, 0.25) is 0 Å². The molecule has 4 heteroatoms. The van der Waals surface area contributed by atoms with Gasteiger partial charge in [-0.25, -0.2) is 0 Å². The van der Waals surface area contributed by atoms with Gasteiger partial charge in [-0.2, -0.15) is 0 Å². The molecule has 1 unspecified atom stereocenters. The Labute approximate surface area is 195 Å². The Kier molecular flexibility index (Phi) is 4.89. The number of aliphatic hydroxyl groups excluding tert-OH is 1. The summed E-state index contributed by atoms with van der Waals surface area (Å²) >= 11 is 0. The molecular formula is C29H30O4. The molecule has 2 aliphatic carbocycles. The largest absolute Gasteiger partial charge is 0.512 e. The van der Waals surface area contributed by atoms with Crippen LogP contribution >= 0.6 is 0 Å². The predicted molar refractivity (Wildman–Crippen MR) is 128 cm³/mol. The summed E-state index contributed by atoms with van der Waals surface area (Å²) in [6.07, 6.45) is 1.79. The lowest BCUT2D eigenvalue weighted by Crippen LogP contribution is -2.36. The van der Waals surface area contributed by atoms with E-state index in [1.54, 1.807) is 0 Å². The number of ketones is 2. The molecule has 4 nitrogen and oxygen atoms in total. The minimum Gasteiger partial charge on any atom is -0.512 e. The van der Waals surface area contributed by atoms with Crippen molar-refractivity contribution < 1.29 is 19.4 Å². The minimum atomic E-state index is -0.583. The molecule has 1 N–H and O–H groups in total. The molecule has 0 bridgehead atoms. The summed E-state index contributed by atoms with van der Waals surface area (Å²) in [7, 11) is 0. The van der Waals surface area contributed by atoms with Gasteiger partial charge in [0, 0.05) is 42.4 Å². The van der Waals surface area contributed by atoms with E-state index in [1.807, 2.05) is 62.4 Å².